The number of halogens is 1. The Morgan fingerprint density at radius 2 is 1.47 bits per heavy atom. The Morgan fingerprint density at radius 3 is 2.06 bits per heavy atom. The number of hydrogen-bond acceptors (Lipinski definition) is 17. The Hall–Kier alpha value is -1.88. The molecule has 4 aromatic rings. The first-order valence-electron chi connectivity index (χ1n) is 15.7. The molecule has 0 amide bonds. The lowest BCUT2D eigenvalue weighted by Gasteiger charge is -2.40. The summed E-state index contributed by atoms with van der Waals surface area (Å²) in [5, 5.41) is -1.28. The number of alkyl halides is 1. The molecule has 51 heavy (non-hydrogen) atoms. The van der Waals surface area contributed by atoms with Gasteiger partial charge in [-0.25, -0.2) is 34.5 Å². The summed E-state index contributed by atoms with van der Waals surface area (Å²) < 4.78 is 60.8. The number of thiol groups is 1. The number of fused-ring (bicyclic) bond motifs is 5. The summed E-state index contributed by atoms with van der Waals surface area (Å²) in [5.41, 5.74) is 13.4. The van der Waals surface area contributed by atoms with Crippen molar-refractivity contribution < 1.29 is 41.5 Å². The molecular weight excluding hydrogens is 786 g/mol. The topological polar surface area (TPSA) is 241 Å². The number of nitrogens with two attached hydrogens (primary N) is 2. The van der Waals surface area contributed by atoms with Gasteiger partial charge < -0.3 is 34.8 Å². The Bertz CT molecular complexity index is 2060. The van der Waals surface area contributed by atoms with Crippen LogP contribution < -0.4 is 11.5 Å². The summed E-state index contributed by atoms with van der Waals surface area (Å²) >= 11 is 16.8. The van der Waals surface area contributed by atoms with Crippen molar-refractivity contribution in [3.63, 3.8) is 0 Å². The number of rotatable bonds is 4. The molecule has 3 saturated heterocycles. The zero-order valence-corrected chi connectivity index (χ0v) is 33.2. The highest BCUT2D eigenvalue weighted by molar-refractivity contribution is 8.44. The summed E-state index contributed by atoms with van der Waals surface area (Å²) in [6.45, 7) is 1.19. The molecule has 278 valence electrons. The Balaban J connectivity index is 1.25. The van der Waals surface area contributed by atoms with Crippen molar-refractivity contribution in [1.29, 1.82) is 0 Å². The van der Waals surface area contributed by atoms with E-state index in [4.69, 9.17) is 66.9 Å². The number of nitrogens with zero attached hydrogens (tertiary/aromatic N) is 8. The van der Waals surface area contributed by atoms with Gasteiger partial charge in [-0.05, 0) is 29.9 Å². The maximum absolute atomic E-state index is 14.0. The van der Waals surface area contributed by atoms with Gasteiger partial charge in [0.2, 0.25) is 0 Å². The summed E-state index contributed by atoms with van der Waals surface area (Å²) in [6.07, 6.45) is -1.79. The van der Waals surface area contributed by atoms with E-state index in [2.05, 4.69) is 62.9 Å². The van der Waals surface area contributed by atoms with Gasteiger partial charge in [0.1, 0.15) is 59.6 Å². The zero-order valence-electron chi connectivity index (χ0n) is 27.9. The number of nitrogen functional groups attached to an aromatic ring is 2. The minimum Gasteiger partial charge on any atom is -0.408 e. The van der Waals surface area contributed by atoms with Crippen LogP contribution in [0.4, 0.5) is 11.6 Å². The van der Waals surface area contributed by atoms with E-state index >= 15 is 0 Å². The van der Waals surface area contributed by atoms with Crippen LogP contribution in [0.25, 0.3) is 22.3 Å². The third kappa shape index (κ3) is 7.09. The van der Waals surface area contributed by atoms with Crippen LogP contribution in [-0.2, 0) is 48.4 Å². The second kappa shape index (κ2) is 13.5. The summed E-state index contributed by atoms with van der Waals surface area (Å²) in [7, 11) is -2.59. The molecule has 3 aliphatic heterocycles. The fourth-order valence-corrected chi connectivity index (χ4v) is 10.5. The van der Waals surface area contributed by atoms with Crippen LogP contribution in [0.2, 0.25) is 18.1 Å². The van der Waals surface area contributed by atoms with E-state index in [1.807, 2.05) is 13.1 Å². The van der Waals surface area contributed by atoms with Crippen molar-refractivity contribution in [3.05, 3.63) is 25.3 Å². The van der Waals surface area contributed by atoms with Crippen LogP contribution in [0.5, 0.6) is 0 Å². The summed E-state index contributed by atoms with van der Waals surface area (Å²) in [4.78, 5) is 36.9. The first kappa shape index (κ1) is 37.4. The molecule has 2 bridgehead atoms. The minimum atomic E-state index is -4.22. The van der Waals surface area contributed by atoms with E-state index in [-0.39, 0.29) is 23.3 Å². The molecule has 3 aliphatic rings. The molecule has 7 rings (SSSR count). The molecule has 19 nitrogen and oxygen atoms in total. The molecule has 10 atom stereocenters. The SMILES string of the molecule is CC(C)(C)[Si](C)(C)O[C@H]1[C@H]2OP(O)(=S)OC[C@H]3O[C@@H](n4cnc5c(N)ncnc54)[C@H](Cl)[C@@H]3OP(=O)(S)OC[C@H]1O[C@H]2n1cnc2c(N)ncnc21. The fraction of sp³-hybridized carbons (Fsp3) is 0.615. The van der Waals surface area contributed by atoms with Crippen LogP contribution in [0, 0.1) is 0 Å². The molecule has 2 unspecified atom stereocenters. The predicted molar refractivity (Wildman–Crippen MR) is 194 cm³/mol. The minimum absolute atomic E-state index is 0.149. The highest BCUT2D eigenvalue weighted by Gasteiger charge is 2.55. The molecular formula is C26H37ClN10O9P2S2Si. The van der Waals surface area contributed by atoms with Gasteiger partial charge in [-0.15, -0.1) is 11.6 Å². The summed E-state index contributed by atoms with van der Waals surface area (Å²) in [5.74, 6) is 0.303. The van der Waals surface area contributed by atoms with E-state index in [9.17, 15) is 9.46 Å². The molecule has 7 heterocycles. The van der Waals surface area contributed by atoms with Crippen LogP contribution in [0.3, 0.4) is 0 Å². The molecule has 4 aromatic heterocycles. The van der Waals surface area contributed by atoms with Crippen molar-refractivity contribution in [3.8, 4) is 0 Å². The molecule has 25 heteroatoms. The number of hydrogen-bond donors (Lipinski definition) is 4. The molecule has 5 N–H and O–H groups in total. The van der Waals surface area contributed by atoms with Crippen LogP contribution in [-0.4, -0.2) is 101 Å². The number of anilines is 2. The van der Waals surface area contributed by atoms with E-state index in [0.717, 1.165) is 0 Å². The van der Waals surface area contributed by atoms with E-state index in [0.29, 0.717) is 22.3 Å². The molecule has 0 spiro atoms. The Kier molecular flexibility index (Phi) is 9.87. The third-order valence-electron chi connectivity index (χ3n) is 9.43. The molecule has 0 saturated carbocycles. The molecule has 0 aliphatic carbocycles. The first-order valence-corrected chi connectivity index (χ1v) is 24.3. The lowest BCUT2D eigenvalue weighted by atomic mass is 10.1. The Morgan fingerprint density at radius 1 is 0.922 bits per heavy atom. The van der Waals surface area contributed by atoms with Gasteiger partial charge in [-0.3, -0.25) is 22.7 Å². The predicted octanol–water partition coefficient (Wildman–Crippen LogP) is 3.70. The molecule has 3 fully saturated rings. The lowest BCUT2D eigenvalue weighted by Crippen LogP contribution is -2.50. The van der Waals surface area contributed by atoms with Crippen LogP contribution in [0.15, 0.2) is 25.3 Å². The third-order valence-corrected chi connectivity index (χ3v) is 17.5. The largest absolute Gasteiger partial charge is 0.408 e. The zero-order chi connectivity index (χ0) is 36.7. The van der Waals surface area contributed by atoms with Gasteiger partial charge in [0.05, 0.1) is 25.9 Å². The van der Waals surface area contributed by atoms with Gasteiger partial charge in [-0.2, -0.15) is 0 Å². The number of ether oxygens (including phenoxy) is 2. The van der Waals surface area contributed by atoms with Crippen molar-refractivity contribution in [2.75, 3.05) is 24.7 Å². The van der Waals surface area contributed by atoms with Gasteiger partial charge in [-0.1, -0.05) is 33.0 Å². The van der Waals surface area contributed by atoms with Crippen LogP contribution in [0.1, 0.15) is 33.2 Å². The van der Waals surface area contributed by atoms with E-state index in [1.54, 1.807) is 4.57 Å². The highest BCUT2D eigenvalue weighted by Crippen LogP contribution is 2.59. The average Bonchev–Trinajstić information content (AvgIpc) is 3.80. The van der Waals surface area contributed by atoms with Gasteiger partial charge in [0.25, 0.3) is 0 Å². The van der Waals surface area contributed by atoms with Gasteiger partial charge in [0, 0.05) is 0 Å². The van der Waals surface area contributed by atoms with Crippen molar-refractivity contribution in [2.24, 2.45) is 0 Å². The molecule has 0 aromatic carbocycles. The Labute approximate surface area is 308 Å². The smallest absolute Gasteiger partial charge is 0.386 e. The average molecular weight is 823 g/mol. The number of aromatic nitrogens is 8. The normalized spacial score (nSPS) is 35.4. The van der Waals surface area contributed by atoms with Crippen molar-refractivity contribution >= 4 is 91.5 Å². The lowest BCUT2D eigenvalue weighted by molar-refractivity contribution is -0.0583. The second-order valence-corrected chi connectivity index (χ2v) is 24.7. The maximum Gasteiger partial charge on any atom is 0.386 e. The van der Waals surface area contributed by atoms with Crippen molar-refractivity contribution in [2.45, 2.75) is 87.3 Å². The first-order chi connectivity index (χ1) is 23.9. The fourth-order valence-electron chi connectivity index (χ4n) is 5.83. The highest BCUT2D eigenvalue weighted by atomic mass is 35.5. The van der Waals surface area contributed by atoms with Gasteiger partial charge in [0.15, 0.2) is 43.7 Å². The number of imidazole rings is 2. The van der Waals surface area contributed by atoms with Gasteiger partial charge >= 0.3 is 13.5 Å². The standard InChI is InChI=1S/C26H37ClN10O9P2S2Si/c1-26(2,3)51(4,5)46-18-13-7-41-47(38,49)44-17-12(42-24(14(17)27)36-10-34-15-20(28)30-8-32-22(15)36)6-40-48(39,50)45-19(18)25(43-13)37-11-35-16-21(29)31-9-33-23(16)37/h8-14,17-19,24-25H,6-7H2,1-5H3,(H,38,49)(H,39,50)(H2,28,30,32)(H2,29,31,33)/t12-,13-,14-,17-,18-,19-,24-,25-,47?,48?/m1/s1. The maximum atomic E-state index is 14.0. The monoisotopic (exact) mass is 822 g/mol. The van der Waals surface area contributed by atoms with Crippen LogP contribution >= 0.6 is 37.4 Å². The van der Waals surface area contributed by atoms with E-state index < -0.39 is 76.8 Å². The second-order valence-electron chi connectivity index (χ2n) is 13.8. The molecule has 0 radical (unpaired) electrons. The quantitative estimate of drug-likeness (QED) is 0.0993. The summed E-state index contributed by atoms with van der Waals surface area (Å²) in [6, 6.07) is 0. The van der Waals surface area contributed by atoms with Crippen molar-refractivity contribution in [1.82, 2.24) is 39.0 Å². The van der Waals surface area contributed by atoms with E-state index in [1.165, 1.54) is 29.9 Å².